The van der Waals surface area contributed by atoms with Crippen LogP contribution in [-0.4, -0.2) is 16.6 Å². The maximum atomic E-state index is 8.93. The number of para-hydroxylation sites is 1. The first-order valence-corrected chi connectivity index (χ1v) is 6.44. The monoisotopic (exact) mass is 263 g/mol. The standard InChI is InChI=1S/C16H13N3O/c1-2-20-15-6-4-3-5-12(15)16-18-13-8-7-11(10-17)9-14(13)19-16/h3-9H,2H2,1H3,(H,18,19). The van der Waals surface area contributed by atoms with E-state index < -0.39 is 0 Å². The molecule has 1 aromatic heterocycles. The number of nitrogens with zero attached hydrogens (tertiary/aromatic N) is 2. The van der Waals surface area contributed by atoms with E-state index in [1.165, 1.54) is 0 Å². The van der Waals surface area contributed by atoms with Gasteiger partial charge in [0.25, 0.3) is 0 Å². The Bertz CT molecular complexity index is 799. The largest absolute Gasteiger partial charge is 0.493 e. The first-order chi connectivity index (χ1) is 9.81. The second kappa shape index (κ2) is 5.06. The molecule has 0 amide bonds. The molecule has 98 valence electrons. The van der Waals surface area contributed by atoms with Crippen molar-refractivity contribution in [2.45, 2.75) is 6.92 Å². The van der Waals surface area contributed by atoms with Crippen molar-refractivity contribution in [3.8, 4) is 23.2 Å². The van der Waals surface area contributed by atoms with Gasteiger partial charge < -0.3 is 9.72 Å². The third-order valence-corrected chi connectivity index (χ3v) is 3.05. The first-order valence-electron chi connectivity index (χ1n) is 6.44. The van der Waals surface area contributed by atoms with E-state index in [1.54, 1.807) is 12.1 Å². The van der Waals surface area contributed by atoms with Crippen LogP contribution in [0.5, 0.6) is 5.75 Å². The van der Waals surface area contributed by atoms with Gasteiger partial charge in [0, 0.05) is 0 Å². The number of fused-ring (bicyclic) bond motifs is 1. The van der Waals surface area contributed by atoms with Crippen LogP contribution in [0.4, 0.5) is 0 Å². The summed E-state index contributed by atoms with van der Waals surface area (Å²) in [5.41, 5.74) is 3.23. The number of nitrogens with one attached hydrogen (secondary N) is 1. The summed E-state index contributed by atoms with van der Waals surface area (Å²) >= 11 is 0. The summed E-state index contributed by atoms with van der Waals surface area (Å²) in [6, 6.07) is 15.3. The van der Waals surface area contributed by atoms with Crippen LogP contribution in [-0.2, 0) is 0 Å². The number of H-pyrrole nitrogens is 1. The van der Waals surface area contributed by atoms with Crippen LogP contribution >= 0.6 is 0 Å². The average molecular weight is 263 g/mol. The molecule has 20 heavy (non-hydrogen) atoms. The van der Waals surface area contributed by atoms with Crippen LogP contribution < -0.4 is 4.74 Å². The van der Waals surface area contributed by atoms with E-state index in [0.717, 1.165) is 28.2 Å². The van der Waals surface area contributed by atoms with Gasteiger partial charge in [0.05, 0.1) is 34.8 Å². The van der Waals surface area contributed by atoms with E-state index in [2.05, 4.69) is 16.0 Å². The number of hydrogen-bond donors (Lipinski definition) is 1. The molecular weight excluding hydrogens is 250 g/mol. The number of aromatic amines is 1. The molecule has 0 saturated carbocycles. The molecule has 4 nitrogen and oxygen atoms in total. The fourth-order valence-corrected chi connectivity index (χ4v) is 2.15. The fraction of sp³-hybridized carbons (Fsp3) is 0.125. The Morgan fingerprint density at radius 1 is 1.25 bits per heavy atom. The second-order valence-corrected chi connectivity index (χ2v) is 4.36. The molecule has 0 aliphatic carbocycles. The van der Waals surface area contributed by atoms with Gasteiger partial charge in [0.1, 0.15) is 11.6 Å². The fourth-order valence-electron chi connectivity index (χ4n) is 2.15. The average Bonchev–Trinajstić information content (AvgIpc) is 2.90. The lowest BCUT2D eigenvalue weighted by atomic mass is 10.2. The molecular formula is C16H13N3O. The van der Waals surface area contributed by atoms with Gasteiger partial charge in [-0.05, 0) is 37.3 Å². The molecule has 3 rings (SSSR count). The molecule has 0 atom stereocenters. The summed E-state index contributed by atoms with van der Waals surface area (Å²) in [6.07, 6.45) is 0. The van der Waals surface area contributed by atoms with Crippen molar-refractivity contribution in [1.29, 1.82) is 5.26 Å². The molecule has 0 spiro atoms. The maximum absolute atomic E-state index is 8.93. The number of aromatic nitrogens is 2. The molecule has 0 aliphatic heterocycles. The van der Waals surface area contributed by atoms with Crippen LogP contribution in [0.1, 0.15) is 12.5 Å². The molecule has 0 bridgehead atoms. The predicted molar refractivity (Wildman–Crippen MR) is 77.4 cm³/mol. The minimum absolute atomic E-state index is 0.607. The number of nitriles is 1. The van der Waals surface area contributed by atoms with Crippen LogP contribution in [0.2, 0.25) is 0 Å². The number of ether oxygens (including phenoxy) is 1. The smallest absolute Gasteiger partial charge is 0.142 e. The molecule has 0 saturated heterocycles. The van der Waals surface area contributed by atoms with Crippen LogP contribution in [0.15, 0.2) is 42.5 Å². The van der Waals surface area contributed by atoms with Gasteiger partial charge in [-0.3, -0.25) is 0 Å². The maximum Gasteiger partial charge on any atom is 0.142 e. The number of imidazole rings is 1. The van der Waals surface area contributed by atoms with E-state index >= 15 is 0 Å². The van der Waals surface area contributed by atoms with Crippen LogP contribution in [0.25, 0.3) is 22.4 Å². The molecule has 0 radical (unpaired) electrons. The molecule has 2 aromatic carbocycles. The Hall–Kier alpha value is -2.80. The SMILES string of the molecule is CCOc1ccccc1-c1nc2ccc(C#N)cc2[nH]1. The lowest BCUT2D eigenvalue weighted by Gasteiger charge is -2.07. The van der Waals surface area contributed by atoms with E-state index in [4.69, 9.17) is 10.00 Å². The zero-order valence-electron chi connectivity index (χ0n) is 11.1. The van der Waals surface area contributed by atoms with Gasteiger partial charge in [0.15, 0.2) is 0 Å². The third kappa shape index (κ3) is 2.10. The Morgan fingerprint density at radius 3 is 2.90 bits per heavy atom. The zero-order chi connectivity index (χ0) is 13.9. The van der Waals surface area contributed by atoms with Crippen LogP contribution in [0.3, 0.4) is 0 Å². The Kier molecular flexibility index (Phi) is 3.10. The van der Waals surface area contributed by atoms with Gasteiger partial charge in [-0.1, -0.05) is 12.1 Å². The first kappa shape index (κ1) is 12.2. The number of rotatable bonds is 3. The summed E-state index contributed by atoms with van der Waals surface area (Å²) in [7, 11) is 0. The van der Waals surface area contributed by atoms with E-state index in [-0.39, 0.29) is 0 Å². The Morgan fingerprint density at radius 2 is 2.10 bits per heavy atom. The molecule has 1 heterocycles. The van der Waals surface area contributed by atoms with Crippen molar-refractivity contribution in [3.63, 3.8) is 0 Å². The third-order valence-electron chi connectivity index (χ3n) is 3.05. The van der Waals surface area contributed by atoms with Gasteiger partial charge >= 0.3 is 0 Å². The summed E-state index contributed by atoms with van der Waals surface area (Å²) < 4.78 is 5.62. The molecule has 1 N–H and O–H groups in total. The Labute approximate surface area is 116 Å². The van der Waals surface area contributed by atoms with Crippen molar-refractivity contribution in [2.75, 3.05) is 6.61 Å². The van der Waals surface area contributed by atoms with Crippen LogP contribution in [0, 0.1) is 11.3 Å². The van der Waals surface area contributed by atoms with Gasteiger partial charge in [-0.2, -0.15) is 5.26 Å². The minimum Gasteiger partial charge on any atom is -0.493 e. The molecule has 0 fully saturated rings. The minimum atomic E-state index is 0.607. The van der Waals surface area contributed by atoms with E-state index in [9.17, 15) is 0 Å². The molecule has 3 aromatic rings. The van der Waals surface area contributed by atoms with Crippen molar-refractivity contribution >= 4 is 11.0 Å². The molecule has 0 aliphatic rings. The van der Waals surface area contributed by atoms with Gasteiger partial charge in [0.2, 0.25) is 0 Å². The summed E-state index contributed by atoms with van der Waals surface area (Å²) in [6.45, 7) is 2.56. The quantitative estimate of drug-likeness (QED) is 0.786. The lowest BCUT2D eigenvalue weighted by Crippen LogP contribution is -1.94. The Balaban J connectivity index is 2.13. The van der Waals surface area contributed by atoms with Gasteiger partial charge in [-0.25, -0.2) is 4.98 Å². The summed E-state index contributed by atoms with van der Waals surface area (Å²) in [5.74, 6) is 1.55. The normalized spacial score (nSPS) is 10.4. The molecule has 0 unspecified atom stereocenters. The van der Waals surface area contributed by atoms with Crippen molar-refractivity contribution in [3.05, 3.63) is 48.0 Å². The van der Waals surface area contributed by atoms with Crippen molar-refractivity contribution < 1.29 is 4.74 Å². The molecule has 4 heteroatoms. The van der Waals surface area contributed by atoms with Crippen molar-refractivity contribution in [2.24, 2.45) is 0 Å². The topological polar surface area (TPSA) is 61.7 Å². The predicted octanol–water partition coefficient (Wildman–Crippen LogP) is 3.50. The van der Waals surface area contributed by atoms with E-state index in [1.807, 2.05) is 37.3 Å². The second-order valence-electron chi connectivity index (χ2n) is 4.36. The van der Waals surface area contributed by atoms with Gasteiger partial charge in [-0.15, -0.1) is 0 Å². The number of benzene rings is 2. The highest BCUT2D eigenvalue weighted by Gasteiger charge is 2.10. The summed E-state index contributed by atoms with van der Waals surface area (Å²) in [5, 5.41) is 8.93. The highest BCUT2D eigenvalue weighted by atomic mass is 16.5. The summed E-state index contributed by atoms with van der Waals surface area (Å²) in [4.78, 5) is 7.80. The lowest BCUT2D eigenvalue weighted by molar-refractivity contribution is 0.341. The number of hydrogen-bond acceptors (Lipinski definition) is 3. The van der Waals surface area contributed by atoms with E-state index in [0.29, 0.717) is 12.2 Å². The zero-order valence-corrected chi connectivity index (χ0v) is 11.1. The van der Waals surface area contributed by atoms with Crippen molar-refractivity contribution in [1.82, 2.24) is 9.97 Å². The highest BCUT2D eigenvalue weighted by Crippen LogP contribution is 2.29. The highest BCUT2D eigenvalue weighted by molar-refractivity contribution is 5.81.